The molecule has 1 unspecified atom stereocenters. The van der Waals surface area contributed by atoms with Crippen LogP contribution in [0.3, 0.4) is 0 Å². The van der Waals surface area contributed by atoms with E-state index in [1.54, 1.807) is 26.3 Å². The molecule has 0 saturated carbocycles. The number of nitrogens with zero attached hydrogens (tertiary/aromatic N) is 2. The number of methoxy groups -OCH3 is 1. The van der Waals surface area contributed by atoms with Gasteiger partial charge in [-0.15, -0.1) is 24.0 Å². The van der Waals surface area contributed by atoms with Crippen LogP contribution in [0.1, 0.15) is 40.4 Å². The van der Waals surface area contributed by atoms with Gasteiger partial charge in [-0.3, -0.25) is 14.7 Å². The highest BCUT2D eigenvalue weighted by atomic mass is 127. The molecular formula is C23H32IN5O2. The van der Waals surface area contributed by atoms with Crippen molar-refractivity contribution in [2.45, 2.75) is 25.4 Å². The standard InChI is InChI=1S/C23H31N5O2.HI/c1-25-23(26-15-17-5-7-19(8-6-17)22(24)29)27-16-21(28-13-3-4-14-28)18-9-11-20(30-2)12-10-18;/h5-12,21H,3-4,13-16H2,1-2H3,(H2,24,29)(H2,25,26,27);1H. The van der Waals surface area contributed by atoms with Gasteiger partial charge in [0, 0.05) is 25.7 Å². The Kier molecular flexibility index (Phi) is 10.1. The van der Waals surface area contributed by atoms with Crippen molar-refractivity contribution in [3.8, 4) is 5.75 Å². The molecule has 168 valence electrons. The number of likely N-dealkylation sites (tertiary alicyclic amines) is 1. The maximum Gasteiger partial charge on any atom is 0.248 e. The molecule has 2 aromatic carbocycles. The minimum Gasteiger partial charge on any atom is -0.497 e. The number of primary amides is 1. The number of halogens is 1. The van der Waals surface area contributed by atoms with Gasteiger partial charge in [-0.05, 0) is 61.3 Å². The molecule has 4 N–H and O–H groups in total. The van der Waals surface area contributed by atoms with E-state index in [0.29, 0.717) is 12.1 Å². The van der Waals surface area contributed by atoms with Gasteiger partial charge in [-0.1, -0.05) is 24.3 Å². The van der Waals surface area contributed by atoms with Gasteiger partial charge in [0.25, 0.3) is 0 Å². The van der Waals surface area contributed by atoms with Gasteiger partial charge in [0.05, 0.1) is 13.2 Å². The number of hydrogen-bond acceptors (Lipinski definition) is 4. The van der Waals surface area contributed by atoms with Gasteiger partial charge < -0.3 is 21.1 Å². The third-order valence-electron chi connectivity index (χ3n) is 5.47. The van der Waals surface area contributed by atoms with Gasteiger partial charge in [0.1, 0.15) is 5.75 Å². The van der Waals surface area contributed by atoms with Gasteiger partial charge in [-0.2, -0.15) is 0 Å². The number of hydrogen-bond donors (Lipinski definition) is 3. The third-order valence-corrected chi connectivity index (χ3v) is 5.47. The van der Waals surface area contributed by atoms with E-state index in [4.69, 9.17) is 10.5 Å². The van der Waals surface area contributed by atoms with Crippen LogP contribution in [-0.4, -0.2) is 50.6 Å². The number of carbonyl (C=O) groups excluding carboxylic acids is 1. The molecule has 1 aliphatic rings. The molecule has 1 heterocycles. The largest absolute Gasteiger partial charge is 0.497 e. The summed E-state index contributed by atoms with van der Waals surface area (Å²) in [4.78, 5) is 18.1. The first-order valence-electron chi connectivity index (χ1n) is 10.3. The molecule has 7 nitrogen and oxygen atoms in total. The molecule has 0 aliphatic carbocycles. The second-order valence-electron chi connectivity index (χ2n) is 7.40. The van der Waals surface area contributed by atoms with Gasteiger partial charge in [0.15, 0.2) is 5.96 Å². The monoisotopic (exact) mass is 537 g/mol. The summed E-state index contributed by atoms with van der Waals surface area (Å²) in [7, 11) is 3.45. The Morgan fingerprint density at radius 3 is 2.29 bits per heavy atom. The maximum atomic E-state index is 11.2. The lowest BCUT2D eigenvalue weighted by molar-refractivity contribution is 0.100. The zero-order valence-electron chi connectivity index (χ0n) is 18.1. The lowest BCUT2D eigenvalue weighted by Crippen LogP contribution is -2.42. The van der Waals surface area contributed by atoms with Crippen LogP contribution in [0.5, 0.6) is 5.75 Å². The van der Waals surface area contributed by atoms with Gasteiger partial charge in [0.2, 0.25) is 5.91 Å². The minimum absolute atomic E-state index is 0. The summed E-state index contributed by atoms with van der Waals surface area (Å²) in [5.74, 6) is 1.19. The fourth-order valence-electron chi connectivity index (χ4n) is 3.72. The molecule has 31 heavy (non-hydrogen) atoms. The van der Waals surface area contributed by atoms with Crippen molar-refractivity contribution in [1.29, 1.82) is 0 Å². The number of nitrogens with two attached hydrogens (primary N) is 1. The molecule has 1 fully saturated rings. The number of nitrogens with one attached hydrogen (secondary N) is 2. The van der Waals surface area contributed by atoms with Crippen LogP contribution in [-0.2, 0) is 6.54 Å². The maximum absolute atomic E-state index is 11.2. The molecular weight excluding hydrogens is 505 g/mol. The van der Waals surface area contributed by atoms with Crippen molar-refractivity contribution >= 4 is 35.8 Å². The number of aliphatic imine (C=N–C) groups is 1. The van der Waals surface area contributed by atoms with Crippen molar-refractivity contribution in [3.05, 3.63) is 65.2 Å². The van der Waals surface area contributed by atoms with E-state index >= 15 is 0 Å². The highest BCUT2D eigenvalue weighted by molar-refractivity contribution is 14.0. The van der Waals surface area contributed by atoms with Crippen molar-refractivity contribution in [2.24, 2.45) is 10.7 Å². The summed E-state index contributed by atoms with van der Waals surface area (Å²) in [5.41, 5.74) is 8.12. The topological polar surface area (TPSA) is 92.0 Å². The number of guanidine groups is 1. The molecule has 1 amide bonds. The van der Waals surface area contributed by atoms with Crippen molar-refractivity contribution in [2.75, 3.05) is 33.8 Å². The van der Waals surface area contributed by atoms with Crippen LogP contribution in [0, 0.1) is 0 Å². The fraction of sp³-hybridized carbons (Fsp3) is 0.391. The van der Waals surface area contributed by atoms with E-state index in [1.165, 1.54) is 18.4 Å². The van der Waals surface area contributed by atoms with Crippen LogP contribution in [0.25, 0.3) is 0 Å². The lowest BCUT2D eigenvalue weighted by atomic mass is 10.1. The molecule has 0 aromatic heterocycles. The molecule has 2 aromatic rings. The summed E-state index contributed by atoms with van der Waals surface area (Å²) in [5, 5.41) is 6.80. The number of carbonyl (C=O) groups is 1. The second-order valence-corrected chi connectivity index (χ2v) is 7.40. The normalized spacial score (nSPS) is 15.1. The molecule has 8 heteroatoms. The lowest BCUT2D eigenvalue weighted by Gasteiger charge is -2.29. The van der Waals surface area contributed by atoms with E-state index in [-0.39, 0.29) is 30.0 Å². The average molecular weight is 537 g/mol. The number of ether oxygens (including phenoxy) is 1. The molecule has 1 atom stereocenters. The van der Waals surface area contributed by atoms with Gasteiger partial charge in [-0.25, -0.2) is 0 Å². The van der Waals surface area contributed by atoms with Crippen molar-refractivity contribution in [1.82, 2.24) is 15.5 Å². The number of amides is 1. The fourth-order valence-corrected chi connectivity index (χ4v) is 3.72. The summed E-state index contributed by atoms with van der Waals surface area (Å²) in [6.45, 7) is 3.58. The number of rotatable bonds is 8. The summed E-state index contributed by atoms with van der Waals surface area (Å²) in [6, 6.07) is 15.8. The van der Waals surface area contributed by atoms with Crippen LogP contribution >= 0.6 is 24.0 Å². The Labute approximate surface area is 201 Å². The minimum atomic E-state index is -0.418. The van der Waals surface area contributed by atoms with Crippen molar-refractivity contribution < 1.29 is 9.53 Å². The van der Waals surface area contributed by atoms with Crippen LogP contribution in [0.4, 0.5) is 0 Å². The SMILES string of the molecule is CN=C(NCc1ccc(C(N)=O)cc1)NCC(c1ccc(OC)cc1)N1CCCC1.I. The summed E-state index contributed by atoms with van der Waals surface area (Å²) in [6.07, 6.45) is 2.47. The highest BCUT2D eigenvalue weighted by Gasteiger charge is 2.23. The van der Waals surface area contributed by atoms with E-state index in [9.17, 15) is 4.79 Å². The van der Waals surface area contributed by atoms with Crippen molar-refractivity contribution in [3.63, 3.8) is 0 Å². The first-order chi connectivity index (χ1) is 14.6. The van der Waals surface area contributed by atoms with Crippen LogP contribution in [0.15, 0.2) is 53.5 Å². The summed E-state index contributed by atoms with van der Waals surface area (Å²) < 4.78 is 5.30. The Balaban J connectivity index is 0.00000341. The van der Waals surface area contributed by atoms with Gasteiger partial charge >= 0.3 is 0 Å². The molecule has 1 aliphatic heterocycles. The Morgan fingerprint density at radius 2 is 1.74 bits per heavy atom. The third kappa shape index (κ3) is 7.10. The first kappa shape index (κ1) is 24.9. The number of benzene rings is 2. The quantitative estimate of drug-likeness (QED) is 0.274. The predicted octanol–water partition coefficient (Wildman–Crippen LogP) is 2.91. The van der Waals surface area contributed by atoms with E-state index in [2.05, 4.69) is 32.7 Å². The summed E-state index contributed by atoms with van der Waals surface area (Å²) >= 11 is 0. The smallest absolute Gasteiger partial charge is 0.248 e. The Bertz CT molecular complexity index is 849. The highest BCUT2D eigenvalue weighted by Crippen LogP contribution is 2.26. The molecule has 0 spiro atoms. The van der Waals surface area contributed by atoms with Crippen LogP contribution in [0.2, 0.25) is 0 Å². The predicted molar refractivity (Wildman–Crippen MR) is 135 cm³/mol. The molecule has 1 saturated heterocycles. The Morgan fingerprint density at radius 1 is 1.10 bits per heavy atom. The van der Waals surface area contributed by atoms with E-state index in [1.807, 2.05) is 24.3 Å². The average Bonchev–Trinajstić information content (AvgIpc) is 3.31. The molecule has 0 radical (unpaired) electrons. The first-order valence-corrected chi connectivity index (χ1v) is 10.3. The molecule has 3 rings (SSSR count). The molecule has 0 bridgehead atoms. The van der Waals surface area contributed by atoms with E-state index in [0.717, 1.165) is 36.9 Å². The Hall–Kier alpha value is -2.33. The zero-order valence-corrected chi connectivity index (χ0v) is 20.5. The van der Waals surface area contributed by atoms with E-state index < -0.39 is 5.91 Å². The van der Waals surface area contributed by atoms with Crippen LogP contribution < -0.4 is 21.1 Å². The second kappa shape index (κ2) is 12.5. The zero-order chi connectivity index (χ0) is 21.3.